The smallest absolute Gasteiger partial charge is 0.432 e. The Morgan fingerprint density at radius 1 is 1.38 bits per heavy atom. The van der Waals surface area contributed by atoms with E-state index in [0.29, 0.717) is 10.7 Å². The van der Waals surface area contributed by atoms with Crippen LogP contribution in [-0.2, 0) is 4.74 Å². The van der Waals surface area contributed by atoms with E-state index in [-0.39, 0.29) is 0 Å². The highest BCUT2D eigenvalue weighted by Gasteiger charge is 2.17. The fourth-order valence-electron chi connectivity index (χ4n) is 0.898. The molecule has 0 saturated heterocycles. The largest absolute Gasteiger partial charge is 0.451 e. The molecule has 0 bridgehead atoms. The maximum atomic E-state index is 11.4. The van der Waals surface area contributed by atoms with Crippen molar-refractivity contribution >= 4 is 33.7 Å². The second kappa shape index (κ2) is 5.47. The van der Waals surface area contributed by atoms with Gasteiger partial charge >= 0.3 is 12.1 Å². The van der Waals surface area contributed by atoms with E-state index in [2.05, 4.69) is 26.0 Å². The van der Waals surface area contributed by atoms with Crippen LogP contribution in [0.2, 0.25) is 0 Å². The lowest BCUT2D eigenvalue weighted by atomic mass is 10.3. The van der Waals surface area contributed by atoms with E-state index in [1.807, 2.05) is 0 Å². The summed E-state index contributed by atoms with van der Waals surface area (Å²) in [6.45, 7) is 0. The van der Waals surface area contributed by atoms with Gasteiger partial charge in [0, 0.05) is 10.2 Å². The fourth-order valence-corrected chi connectivity index (χ4v) is 1.16. The highest BCUT2D eigenvalue weighted by Crippen LogP contribution is 2.14. The molecule has 0 heterocycles. The van der Waals surface area contributed by atoms with Gasteiger partial charge in [-0.05, 0) is 24.3 Å². The van der Waals surface area contributed by atoms with Crippen molar-refractivity contribution in [2.45, 2.75) is 0 Å². The molecule has 0 saturated carbocycles. The van der Waals surface area contributed by atoms with E-state index in [1.165, 1.54) is 0 Å². The van der Waals surface area contributed by atoms with Crippen molar-refractivity contribution in [3.8, 4) is 0 Å². The van der Waals surface area contributed by atoms with E-state index in [9.17, 15) is 9.59 Å². The number of hydrogen-bond donors (Lipinski definition) is 2. The number of carbonyl (C=O) groups excluding carboxylic acids is 2. The number of imide groups is 1. The Morgan fingerprint density at radius 3 is 2.44 bits per heavy atom. The third-order valence-corrected chi connectivity index (χ3v) is 2.21. The van der Waals surface area contributed by atoms with E-state index < -0.39 is 12.1 Å². The molecule has 0 radical (unpaired) electrons. The zero-order chi connectivity index (χ0) is 12.1. The molecule has 3 amide bonds. The van der Waals surface area contributed by atoms with Crippen molar-refractivity contribution in [3.63, 3.8) is 0 Å². The number of rotatable bonds is 1. The second-order valence-corrected chi connectivity index (χ2v) is 3.69. The van der Waals surface area contributed by atoms with Gasteiger partial charge in [-0.1, -0.05) is 15.9 Å². The zero-order valence-electron chi connectivity index (χ0n) is 8.44. The molecule has 1 aromatic carbocycles. The van der Waals surface area contributed by atoms with Gasteiger partial charge in [-0.25, -0.2) is 15.4 Å². The number of nitrogens with two attached hydrogens (primary N) is 1. The van der Waals surface area contributed by atoms with Crippen LogP contribution in [0, 0.1) is 0 Å². The minimum atomic E-state index is -0.936. The second-order valence-electron chi connectivity index (χ2n) is 2.78. The van der Waals surface area contributed by atoms with Crippen molar-refractivity contribution in [2.24, 2.45) is 5.84 Å². The molecule has 86 valence electrons. The van der Waals surface area contributed by atoms with Crippen molar-refractivity contribution < 1.29 is 14.3 Å². The summed E-state index contributed by atoms with van der Waals surface area (Å²) in [5, 5.41) is 2.77. The number of nitrogens with one attached hydrogen (secondary N) is 1. The molecule has 16 heavy (non-hydrogen) atoms. The van der Waals surface area contributed by atoms with Crippen LogP contribution >= 0.6 is 15.9 Å². The topological polar surface area (TPSA) is 84.7 Å². The van der Waals surface area contributed by atoms with E-state index in [4.69, 9.17) is 5.84 Å². The number of amides is 3. The van der Waals surface area contributed by atoms with Crippen molar-refractivity contribution in [1.29, 1.82) is 0 Å². The predicted molar refractivity (Wildman–Crippen MR) is 61.6 cm³/mol. The molecule has 0 unspecified atom stereocenters. The third-order valence-electron chi connectivity index (χ3n) is 1.69. The Bertz CT molecular complexity index is 393. The maximum Gasteiger partial charge on any atom is 0.432 e. The van der Waals surface area contributed by atoms with Crippen LogP contribution in [0.25, 0.3) is 0 Å². The number of benzene rings is 1. The normalized spacial score (nSPS) is 9.44. The summed E-state index contributed by atoms with van der Waals surface area (Å²) in [6, 6.07) is 6.04. The van der Waals surface area contributed by atoms with E-state index >= 15 is 0 Å². The van der Waals surface area contributed by atoms with Gasteiger partial charge in [0.05, 0.1) is 7.11 Å². The summed E-state index contributed by atoms with van der Waals surface area (Å²) in [7, 11) is 1.13. The van der Waals surface area contributed by atoms with Crippen LogP contribution < -0.4 is 11.2 Å². The minimum Gasteiger partial charge on any atom is -0.451 e. The quantitative estimate of drug-likeness (QED) is 0.469. The number of hydrazine groups is 1. The first-order chi connectivity index (χ1) is 7.54. The minimum absolute atomic E-state index is 0.349. The predicted octanol–water partition coefficient (Wildman–Crippen LogP) is 1.92. The summed E-state index contributed by atoms with van der Waals surface area (Å²) >= 11 is 3.25. The Labute approximate surface area is 100 Å². The van der Waals surface area contributed by atoms with Gasteiger partial charge in [0.1, 0.15) is 0 Å². The Balaban J connectivity index is 2.64. The number of hydrogen-bond acceptors (Lipinski definition) is 4. The molecule has 0 atom stereocenters. The summed E-state index contributed by atoms with van der Waals surface area (Å²) in [4.78, 5) is 22.3. The van der Waals surface area contributed by atoms with Gasteiger partial charge in [-0.3, -0.25) is 0 Å². The van der Waals surface area contributed by atoms with Gasteiger partial charge in [0.25, 0.3) is 0 Å². The Kier molecular flexibility index (Phi) is 4.27. The maximum absolute atomic E-state index is 11.4. The van der Waals surface area contributed by atoms with Gasteiger partial charge in [-0.15, -0.1) is 0 Å². The molecule has 0 fully saturated rings. The molecule has 7 heteroatoms. The summed E-state index contributed by atoms with van der Waals surface area (Å²) in [6.07, 6.45) is -0.936. The summed E-state index contributed by atoms with van der Waals surface area (Å²) < 4.78 is 5.16. The van der Waals surface area contributed by atoms with Crippen LogP contribution in [0.3, 0.4) is 0 Å². The SMILES string of the molecule is COC(=O)N(N)C(=O)Nc1ccc(Br)cc1. The van der Waals surface area contributed by atoms with Gasteiger partial charge in [0.15, 0.2) is 0 Å². The number of nitrogens with zero attached hydrogens (tertiary/aromatic N) is 1. The molecule has 0 spiro atoms. The fraction of sp³-hybridized carbons (Fsp3) is 0.111. The van der Waals surface area contributed by atoms with Gasteiger partial charge < -0.3 is 10.1 Å². The zero-order valence-corrected chi connectivity index (χ0v) is 10.0. The Hall–Kier alpha value is -1.60. The van der Waals surface area contributed by atoms with E-state index in [1.54, 1.807) is 24.3 Å². The van der Waals surface area contributed by atoms with Crippen LogP contribution in [0.15, 0.2) is 28.7 Å². The van der Waals surface area contributed by atoms with Crippen LogP contribution in [0.5, 0.6) is 0 Å². The third kappa shape index (κ3) is 3.21. The lowest BCUT2D eigenvalue weighted by Gasteiger charge is -2.13. The van der Waals surface area contributed by atoms with Crippen molar-refractivity contribution in [2.75, 3.05) is 12.4 Å². The highest BCUT2D eigenvalue weighted by molar-refractivity contribution is 9.10. The lowest BCUT2D eigenvalue weighted by Crippen LogP contribution is -2.45. The van der Waals surface area contributed by atoms with Gasteiger partial charge in [0.2, 0.25) is 0 Å². The molecule has 1 aromatic rings. The molecule has 3 N–H and O–H groups in total. The van der Waals surface area contributed by atoms with E-state index in [0.717, 1.165) is 11.6 Å². The molecule has 1 rings (SSSR count). The molecule has 6 nitrogen and oxygen atoms in total. The molecule has 0 aromatic heterocycles. The van der Waals surface area contributed by atoms with Crippen LogP contribution in [0.1, 0.15) is 0 Å². The molecular formula is C9H10BrN3O3. The monoisotopic (exact) mass is 287 g/mol. The number of ether oxygens (including phenoxy) is 1. The number of halogens is 1. The molecule has 0 aliphatic heterocycles. The average Bonchev–Trinajstić information content (AvgIpc) is 2.30. The first-order valence-corrected chi connectivity index (χ1v) is 5.03. The number of anilines is 1. The lowest BCUT2D eigenvalue weighted by molar-refractivity contribution is 0.133. The van der Waals surface area contributed by atoms with Gasteiger partial charge in [-0.2, -0.15) is 5.01 Å². The first kappa shape index (κ1) is 12.5. The van der Waals surface area contributed by atoms with Crippen molar-refractivity contribution in [1.82, 2.24) is 5.01 Å². The molecule has 0 aliphatic rings. The molecule has 0 aliphatic carbocycles. The molecular weight excluding hydrogens is 278 g/mol. The van der Waals surface area contributed by atoms with Crippen molar-refractivity contribution in [3.05, 3.63) is 28.7 Å². The highest BCUT2D eigenvalue weighted by atomic mass is 79.9. The number of urea groups is 1. The number of methoxy groups -OCH3 is 1. The Morgan fingerprint density at radius 2 is 1.94 bits per heavy atom. The van der Waals surface area contributed by atoms with Crippen LogP contribution in [-0.4, -0.2) is 24.2 Å². The number of carbonyl (C=O) groups is 2. The van der Waals surface area contributed by atoms with Crippen LogP contribution in [0.4, 0.5) is 15.3 Å². The summed E-state index contributed by atoms with van der Waals surface area (Å²) in [5.41, 5.74) is 0.521. The average molecular weight is 288 g/mol. The first-order valence-electron chi connectivity index (χ1n) is 4.24. The standard InChI is InChI=1S/C9H10BrN3O3/c1-16-9(15)13(11)8(14)12-7-4-2-6(10)3-5-7/h2-5H,11H2,1H3,(H,12,14). The summed E-state index contributed by atoms with van der Waals surface area (Å²) in [5.74, 6) is 5.19.